The van der Waals surface area contributed by atoms with Gasteiger partial charge in [-0.2, -0.15) is 11.8 Å². The topological polar surface area (TPSA) is 58.1 Å². The Labute approximate surface area is 163 Å². The van der Waals surface area contributed by atoms with Crippen LogP contribution < -0.4 is 5.32 Å². The van der Waals surface area contributed by atoms with Crippen LogP contribution in [-0.4, -0.2) is 45.4 Å². The molecule has 4 rings (SSSR count). The Morgan fingerprint density at radius 3 is 2.70 bits per heavy atom. The summed E-state index contributed by atoms with van der Waals surface area (Å²) in [6.07, 6.45) is 1.52. The zero-order valence-electron chi connectivity index (χ0n) is 15.3. The van der Waals surface area contributed by atoms with Crippen LogP contribution >= 0.6 is 11.8 Å². The molecule has 2 heterocycles. The standard InChI is InChI=1S/C21H22N4OS/c1-15-12-16(14-25-8-10-27-11-9-25)6-7-17(15)24-21(26)20-13-22-18-4-2-3-5-19(18)23-20/h2-7,12-13H,8-11,14H2,1H3,(H,24,26). The molecule has 2 aromatic carbocycles. The molecule has 0 atom stereocenters. The Kier molecular flexibility index (Phi) is 5.36. The number of nitrogens with zero attached hydrogens (tertiary/aromatic N) is 3. The van der Waals surface area contributed by atoms with Gasteiger partial charge >= 0.3 is 0 Å². The van der Waals surface area contributed by atoms with E-state index in [2.05, 4.69) is 32.3 Å². The number of hydrogen-bond donors (Lipinski definition) is 1. The molecule has 1 aromatic heterocycles. The van der Waals surface area contributed by atoms with E-state index in [4.69, 9.17) is 0 Å². The highest BCUT2D eigenvalue weighted by atomic mass is 32.2. The van der Waals surface area contributed by atoms with Crippen LogP contribution in [0.25, 0.3) is 11.0 Å². The number of aromatic nitrogens is 2. The number of carbonyl (C=O) groups is 1. The molecule has 1 amide bonds. The molecule has 1 N–H and O–H groups in total. The molecule has 0 radical (unpaired) electrons. The van der Waals surface area contributed by atoms with Crippen LogP contribution in [-0.2, 0) is 6.54 Å². The molecule has 0 aliphatic carbocycles. The first-order chi connectivity index (χ1) is 13.2. The Balaban J connectivity index is 1.47. The summed E-state index contributed by atoms with van der Waals surface area (Å²) in [6, 6.07) is 13.8. The number of nitrogens with one attached hydrogen (secondary N) is 1. The van der Waals surface area contributed by atoms with Gasteiger partial charge in [-0.15, -0.1) is 0 Å². The van der Waals surface area contributed by atoms with Crippen molar-refractivity contribution in [2.45, 2.75) is 13.5 Å². The number of aryl methyl sites for hydroxylation is 1. The van der Waals surface area contributed by atoms with Crippen molar-refractivity contribution in [1.29, 1.82) is 0 Å². The Bertz CT molecular complexity index is 969. The number of thioether (sulfide) groups is 1. The second-order valence-corrected chi connectivity index (χ2v) is 7.96. The van der Waals surface area contributed by atoms with Crippen molar-refractivity contribution >= 4 is 34.4 Å². The highest BCUT2D eigenvalue weighted by Gasteiger charge is 2.13. The smallest absolute Gasteiger partial charge is 0.275 e. The molecule has 1 saturated heterocycles. The van der Waals surface area contributed by atoms with Gasteiger partial charge in [0.1, 0.15) is 5.69 Å². The van der Waals surface area contributed by atoms with Crippen molar-refractivity contribution in [1.82, 2.24) is 14.9 Å². The van der Waals surface area contributed by atoms with Gasteiger partial charge in [0, 0.05) is 36.8 Å². The molecule has 0 bridgehead atoms. The van der Waals surface area contributed by atoms with Crippen molar-refractivity contribution in [3.05, 3.63) is 65.5 Å². The van der Waals surface area contributed by atoms with Gasteiger partial charge in [0.15, 0.2) is 0 Å². The molecule has 6 heteroatoms. The van der Waals surface area contributed by atoms with Crippen molar-refractivity contribution in [3.8, 4) is 0 Å². The van der Waals surface area contributed by atoms with Crippen molar-refractivity contribution < 1.29 is 4.79 Å². The minimum absolute atomic E-state index is 0.239. The van der Waals surface area contributed by atoms with Crippen LogP contribution in [0.15, 0.2) is 48.7 Å². The van der Waals surface area contributed by atoms with E-state index in [1.165, 1.54) is 23.3 Å². The molecular formula is C21H22N4OS. The highest BCUT2D eigenvalue weighted by molar-refractivity contribution is 7.99. The average Bonchev–Trinajstić information content (AvgIpc) is 2.70. The van der Waals surface area contributed by atoms with Gasteiger partial charge in [0.05, 0.1) is 17.2 Å². The van der Waals surface area contributed by atoms with Crippen LogP contribution in [0.5, 0.6) is 0 Å². The van der Waals surface area contributed by atoms with Gasteiger partial charge in [0.2, 0.25) is 0 Å². The number of para-hydroxylation sites is 2. The molecule has 0 unspecified atom stereocenters. The number of amides is 1. The lowest BCUT2D eigenvalue weighted by Crippen LogP contribution is -2.31. The second kappa shape index (κ2) is 8.06. The van der Waals surface area contributed by atoms with Crippen molar-refractivity contribution in [3.63, 3.8) is 0 Å². The first-order valence-corrected chi connectivity index (χ1v) is 10.3. The largest absolute Gasteiger partial charge is 0.320 e. The minimum Gasteiger partial charge on any atom is -0.320 e. The number of carbonyl (C=O) groups excluding carboxylic acids is 1. The molecule has 3 aromatic rings. The molecule has 0 spiro atoms. The first kappa shape index (κ1) is 17.9. The minimum atomic E-state index is -0.239. The Morgan fingerprint density at radius 2 is 1.93 bits per heavy atom. The van der Waals surface area contributed by atoms with E-state index < -0.39 is 0 Å². The van der Waals surface area contributed by atoms with E-state index in [-0.39, 0.29) is 5.91 Å². The fourth-order valence-electron chi connectivity index (χ4n) is 3.23. The summed E-state index contributed by atoms with van der Waals surface area (Å²) in [5.41, 5.74) is 4.97. The normalized spacial score (nSPS) is 15.0. The molecule has 27 heavy (non-hydrogen) atoms. The zero-order valence-corrected chi connectivity index (χ0v) is 16.1. The predicted octanol–water partition coefficient (Wildman–Crippen LogP) is 3.74. The van der Waals surface area contributed by atoms with Crippen LogP contribution in [0.1, 0.15) is 21.6 Å². The lowest BCUT2D eigenvalue weighted by atomic mass is 10.1. The molecule has 0 saturated carbocycles. The van der Waals surface area contributed by atoms with Crippen LogP contribution in [0.2, 0.25) is 0 Å². The summed E-state index contributed by atoms with van der Waals surface area (Å²) >= 11 is 2.02. The molecule has 1 aliphatic rings. The van der Waals surface area contributed by atoms with E-state index in [0.29, 0.717) is 5.69 Å². The number of anilines is 1. The van der Waals surface area contributed by atoms with Crippen LogP contribution in [0.4, 0.5) is 5.69 Å². The number of fused-ring (bicyclic) bond motifs is 1. The maximum absolute atomic E-state index is 12.6. The van der Waals surface area contributed by atoms with Gasteiger partial charge < -0.3 is 5.32 Å². The SMILES string of the molecule is Cc1cc(CN2CCSCC2)ccc1NC(=O)c1cnc2ccccc2n1. The van der Waals surface area contributed by atoms with Gasteiger partial charge in [0.25, 0.3) is 5.91 Å². The maximum Gasteiger partial charge on any atom is 0.275 e. The third-order valence-electron chi connectivity index (χ3n) is 4.73. The lowest BCUT2D eigenvalue weighted by molar-refractivity contribution is 0.102. The second-order valence-electron chi connectivity index (χ2n) is 6.74. The van der Waals surface area contributed by atoms with Crippen molar-refractivity contribution in [2.75, 3.05) is 29.9 Å². The van der Waals surface area contributed by atoms with Crippen LogP contribution in [0.3, 0.4) is 0 Å². The molecule has 5 nitrogen and oxygen atoms in total. The summed E-state index contributed by atoms with van der Waals surface area (Å²) in [7, 11) is 0. The Hall–Kier alpha value is -2.44. The Morgan fingerprint density at radius 1 is 1.15 bits per heavy atom. The predicted molar refractivity (Wildman–Crippen MR) is 111 cm³/mol. The average molecular weight is 379 g/mol. The van der Waals surface area contributed by atoms with Gasteiger partial charge in [-0.1, -0.05) is 24.3 Å². The van der Waals surface area contributed by atoms with Crippen molar-refractivity contribution in [2.24, 2.45) is 0 Å². The van der Waals surface area contributed by atoms with E-state index >= 15 is 0 Å². The van der Waals surface area contributed by atoms with E-state index in [9.17, 15) is 4.79 Å². The maximum atomic E-state index is 12.6. The summed E-state index contributed by atoms with van der Waals surface area (Å²) < 4.78 is 0. The van der Waals surface area contributed by atoms with E-state index in [0.717, 1.165) is 41.9 Å². The summed E-state index contributed by atoms with van der Waals surface area (Å²) in [4.78, 5) is 23.8. The highest BCUT2D eigenvalue weighted by Crippen LogP contribution is 2.20. The molecular weight excluding hydrogens is 356 g/mol. The fourth-order valence-corrected chi connectivity index (χ4v) is 4.21. The van der Waals surface area contributed by atoms with Gasteiger partial charge in [-0.05, 0) is 36.2 Å². The summed E-state index contributed by atoms with van der Waals surface area (Å²) in [5.74, 6) is 2.18. The zero-order chi connectivity index (χ0) is 18.6. The lowest BCUT2D eigenvalue weighted by Gasteiger charge is -2.26. The third kappa shape index (κ3) is 4.28. The van der Waals surface area contributed by atoms with E-state index in [1.807, 2.05) is 49.0 Å². The summed E-state index contributed by atoms with van der Waals surface area (Å²) in [6.45, 7) is 5.27. The number of benzene rings is 2. The number of rotatable bonds is 4. The van der Waals surface area contributed by atoms with Gasteiger partial charge in [-0.3, -0.25) is 14.7 Å². The summed E-state index contributed by atoms with van der Waals surface area (Å²) in [5, 5.41) is 2.96. The van der Waals surface area contributed by atoms with Gasteiger partial charge in [-0.25, -0.2) is 4.98 Å². The first-order valence-electron chi connectivity index (χ1n) is 9.12. The monoisotopic (exact) mass is 378 g/mol. The number of hydrogen-bond acceptors (Lipinski definition) is 5. The molecule has 138 valence electrons. The molecule has 1 aliphatic heterocycles. The van der Waals surface area contributed by atoms with E-state index in [1.54, 1.807) is 0 Å². The molecule has 1 fully saturated rings. The third-order valence-corrected chi connectivity index (χ3v) is 5.67. The van der Waals surface area contributed by atoms with Crippen LogP contribution in [0, 0.1) is 6.92 Å². The fraction of sp³-hybridized carbons (Fsp3) is 0.286. The quantitative estimate of drug-likeness (QED) is 0.749.